The number of hydrogen-bond acceptors (Lipinski definition) is 3. The van der Waals surface area contributed by atoms with E-state index in [4.69, 9.17) is 5.11 Å². The standard InChI is InChI=1S/C10H14FNO3S/c1-8-3-4-9(7-10(8)11)16(14,15)12(2)5-6-13/h3-4,7,13H,5-6H2,1-2H3. The Morgan fingerprint density at radius 1 is 1.44 bits per heavy atom. The molecule has 0 aliphatic rings. The Labute approximate surface area is 94.4 Å². The minimum atomic E-state index is -3.71. The smallest absolute Gasteiger partial charge is 0.242 e. The van der Waals surface area contributed by atoms with E-state index < -0.39 is 15.8 Å². The maximum absolute atomic E-state index is 13.2. The average molecular weight is 247 g/mol. The van der Waals surface area contributed by atoms with Crippen LogP contribution in [0.15, 0.2) is 23.1 Å². The summed E-state index contributed by atoms with van der Waals surface area (Å²) in [5, 5.41) is 8.67. The maximum atomic E-state index is 13.2. The highest BCUT2D eigenvalue weighted by Crippen LogP contribution is 2.17. The summed E-state index contributed by atoms with van der Waals surface area (Å²) in [7, 11) is -2.37. The number of aliphatic hydroxyl groups excluding tert-OH is 1. The summed E-state index contributed by atoms with van der Waals surface area (Å²) in [6, 6.07) is 3.75. The molecule has 1 N–H and O–H groups in total. The molecule has 90 valence electrons. The van der Waals surface area contributed by atoms with Crippen molar-refractivity contribution in [3.8, 4) is 0 Å². The summed E-state index contributed by atoms with van der Waals surface area (Å²) in [4.78, 5) is -0.105. The molecular formula is C10H14FNO3S. The number of halogens is 1. The molecule has 0 aliphatic carbocycles. The monoisotopic (exact) mass is 247 g/mol. The molecule has 1 rings (SSSR count). The Hall–Kier alpha value is -0.980. The molecule has 0 heterocycles. The van der Waals surface area contributed by atoms with Crippen molar-refractivity contribution in [3.63, 3.8) is 0 Å². The lowest BCUT2D eigenvalue weighted by molar-refractivity contribution is 0.266. The summed E-state index contributed by atoms with van der Waals surface area (Å²) in [6.45, 7) is 1.27. The van der Waals surface area contributed by atoms with Gasteiger partial charge in [-0.2, -0.15) is 4.31 Å². The van der Waals surface area contributed by atoms with Crippen LogP contribution in [0.4, 0.5) is 4.39 Å². The van der Waals surface area contributed by atoms with E-state index in [0.29, 0.717) is 5.56 Å². The molecule has 4 nitrogen and oxygen atoms in total. The quantitative estimate of drug-likeness (QED) is 0.854. The fraction of sp³-hybridized carbons (Fsp3) is 0.400. The molecule has 0 fully saturated rings. The van der Waals surface area contributed by atoms with E-state index >= 15 is 0 Å². The number of aryl methyl sites for hydroxylation is 1. The first-order valence-corrected chi connectivity index (χ1v) is 6.17. The molecule has 16 heavy (non-hydrogen) atoms. The first-order chi connectivity index (χ1) is 7.39. The first kappa shape index (κ1) is 13.1. The van der Waals surface area contributed by atoms with Crippen LogP contribution in [0.3, 0.4) is 0 Å². The summed E-state index contributed by atoms with van der Waals surface area (Å²) < 4.78 is 37.9. The highest BCUT2D eigenvalue weighted by atomic mass is 32.2. The zero-order chi connectivity index (χ0) is 12.3. The van der Waals surface area contributed by atoms with Gasteiger partial charge in [0.2, 0.25) is 10.0 Å². The highest BCUT2D eigenvalue weighted by Gasteiger charge is 2.20. The van der Waals surface area contributed by atoms with Crippen LogP contribution in [0.5, 0.6) is 0 Å². The Morgan fingerprint density at radius 2 is 2.06 bits per heavy atom. The zero-order valence-electron chi connectivity index (χ0n) is 9.14. The van der Waals surface area contributed by atoms with Gasteiger partial charge in [0, 0.05) is 13.6 Å². The Balaban J connectivity index is 3.12. The number of sulfonamides is 1. The number of hydrogen-bond donors (Lipinski definition) is 1. The van der Waals surface area contributed by atoms with Crippen molar-refractivity contribution in [1.82, 2.24) is 4.31 Å². The van der Waals surface area contributed by atoms with E-state index in [0.717, 1.165) is 10.4 Å². The van der Waals surface area contributed by atoms with Gasteiger partial charge in [0.1, 0.15) is 5.82 Å². The van der Waals surface area contributed by atoms with Gasteiger partial charge in [0.25, 0.3) is 0 Å². The molecule has 0 amide bonds. The van der Waals surface area contributed by atoms with Crippen LogP contribution in [-0.4, -0.2) is 38.0 Å². The van der Waals surface area contributed by atoms with Crippen LogP contribution >= 0.6 is 0 Å². The minimum Gasteiger partial charge on any atom is -0.395 e. The van der Waals surface area contributed by atoms with Gasteiger partial charge in [-0.3, -0.25) is 0 Å². The molecule has 0 radical (unpaired) electrons. The Morgan fingerprint density at radius 3 is 2.56 bits per heavy atom. The van der Waals surface area contributed by atoms with Crippen LogP contribution in [0, 0.1) is 12.7 Å². The molecule has 6 heteroatoms. The van der Waals surface area contributed by atoms with Crippen LogP contribution in [0.1, 0.15) is 5.56 Å². The first-order valence-electron chi connectivity index (χ1n) is 4.73. The third-order valence-electron chi connectivity index (χ3n) is 2.27. The topological polar surface area (TPSA) is 57.6 Å². The minimum absolute atomic E-state index is 0.0160. The Kier molecular flexibility index (Phi) is 4.01. The van der Waals surface area contributed by atoms with Gasteiger partial charge in [0.15, 0.2) is 0 Å². The van der Waals surface area contributed by atoms with Crippen molar-refractivity contribution < 1.29 is 17.9 Å². The molecule has 1 aromatic carbocycles. The van der Waals surface area contributed by atoms with Crippen LogP contribution in [0.25, 0.3) is 0 Å². The summed E-state index contributed by atoms with van der Waals surface area (Å²) in [5.74, 6) is -0.557. The highest BCUT2D eigenvalue weighted by molar-refractivity contribution is 7.89. The van der Waals surface area contributed by atoms with Crippen molar-refractivity contribution >= 4 is 10.0 Å². The summed E-state index contributed by atoms with van der Waals surface area (Å²) in [6.07, 6.45) is 0. The zero-order valence-corrected chi connectivity index (χ0v) is 9.96. The lowest BCUT2D eigenvalue weighted by Gasteiger charge is -2.15. The lowest BCUT2D eigenvalue weighted by Crippen LogP contribution is -2.29. The van der Waals surface area contributed by atoms with Gasteiger partial charge in [-0.25, -0.2) is 12.8 Å². The number of likely N-dealkylation sites (N-methyl/N-ethyl adjacent to an activating group) is 1. The maximum Gasteiger partial charge on any atom is 0.242 e. The van der Waals surface area contributed by atoms with E-state index in [-0.39, 0.29) is 18.0 Å². The van der Waals surface area contributed by atoms with E-state index in [1.165, 1.54) is 19.2 Å². The third kappa shape index (κ3) is 2.58. The molecule has 0 aromatic heterocycles. The van der Waals surface area contributed by atoms with E-state index in [9.17, 15) is 12.8 Å². The molecule has 1 aromatic rings. The predicted molar refractivity (Wildman–Crippen MR) is 58.0 cm³/mol. The van der Waals surface area contributed by atoms with Crippen molar-refractivity contribution in [1.29, 1.82) is 0 Å². The molecule has 0 atom stereocenters. The number of benzene rings is 1. The van der Waals surface area contributed by atoms with Crippen LogP contribution in [0.2, 0.25) is 0 Å². The second-order valence-corrected chi connectivity index (χ2v) is 5.51. The van der Waals surface area contributed by atoms with E-state index in [1.54, 1.807) is 6.92 Å². The molecule has 0 spiro atoms. The van der Waals surface area contributed by atoms with Gasteiger partial charge in [-0.1, -0.05) is 6.07 Å². The second-order valence-electron chi connectivity index (χ2n) is 3.46. The molecule has 0 saturated heterocycles. The third-order valence-corrected chi connectivity index (χ3v) is 4.12. The fourth-order valence-corrected chi connectivity index (χ4v) is 2.35. The molecule has 0 bridgehead atoms. The predicted octanol–water partition coefficient (Wildman–Crippen LogP) is 0.747. The fourth-order valence-electron chi connectivity index (χ4n) is 1.17. The van der Waals surface area contributed by atoms with Crippen LogP contribution in [-0.2, 0) is 10.0 Å². The molecular weight excluding hydrogens is 233 g/mol. The number of nitrogens with zero attached hydrogens (tertiary/aromatic N) is 1. The molecule has 0 saturated carbocycles. The van der Waals surface area contributed by atoms with Gasteiger partial charge < -0.3 is 5.11 Å². The average Bonchev–Trinajstić information content (AvgIpc) is 2.22. The van der Waals surface area contributed by atoms with Gasteiger partial charge in [-0.05, 0) is 24.6 Å². The normalized spacial score (nSPS) is 12.1. The summed E-state index contributed by atoms with van der Waals surface area (Å²) >= 11 is 0. The largest absolute Gasteiger partial charge is 0.395 e. The molecule has 0 aliphatic heterocycles. The van der Waals surface area contributed by atoms with E-state index in [1.807, 2.05) is 0 Å². The van der Waals surface area contributed by atoms with Gasteiger partial charge in [0.05, 0.1) is 11.5 Å². The van der Waals surface area contributed by atoms with Crippen molar-refractivity contribution in [2.24, 2.45) is 0 Å². The SMILES string of the molecule is Cc1ccc(S(=O)(=O)N(C)CCO)cc1F. The van der Waals surface area contributed by atoms with Gasteiger partial charge in [-0.15, -0.1) is 0 Å². The molecule has 0 unspecified atom stereocenters. The van der Waals surface area contributed by atoms with Crippen molar-refractivity contribution in [2.45, 2.75) is 11.8 Å². The van der Waals surface area contributed by atoms with Crippen LogP contribution < -0.4 is 0 Å². The Bertz CT molecular complexity index is 473. The number of aliphatic hydroxyl groups is 1. The van der Waals surface area contributed by atoms with Crippen molar-refractivity contribution in [3.05, 3.63) is 29.6 Å². The second kappa shape index (κ2) is 4.90. The lowest BCUT2D eigenvalue weighted by atomic mass is 10.2. The summed E-state index contributed by atoms with van der Waals surface area (Å²) in [5.41, 5.74) is 0.392. The van der Waals surface area contributed by atoms with Gasteiger partial charge >= 0.3 is 0 Å². The van der Waals surface area contributed by atoms with E-state index in [2.05, 4.69) is 0 Å². The van der Waals surface area contributed by atoms with Crippen molar-refractivity contribution in [2.75, 3.05) is 20.2 Å². The number of rotatable bonds is 4.